The monoisotopic (exact) mass is 342 g/mol. The predicted octanol–water partition coefficient (Wildman–Crippen LogP) is 2.10. The number of methoxy groups -OCH3 is 1. The van der Waals surface area contributed by atoms with Crippen molar-refractivity contribution in [3.63, 3.8) is 0 Å². The molecule has 5 nitrogen and oxygen atoms in total. The Labute approximate surface area is 113 Å². The van der Waals surface area contributed by atoms with Crippen molar-refractivity contribution in [2.45, 2.75) is 6.54 Å². The van der Waals surface area contributed by atoms with E-state index in [1.165, 1.54) is 0 Å². The number of anilines is 1. The fourth-order valence-corrected chi connectivity index (χ4v) is 1.60. The van der Waals surface area contributed by atoms with Gasteiger partial charge in [-0.2, -0.15) is 0 Å². The number of nitrogens with one attached hydrogen (secondary N) is 1. The van der Waals surface area contributed by atoms with Crippen LogP contribution in [0.2, 0.25) is 0 Å². The third-order valence-electron chi connectivity index (χ3n) is 2.10. The summed E-state index contributed by atoms with van der Waals surface area (Å²) in [6.45, 7) is 0.581. The third kappa shape index (κ3) is 3.26. The zero-order chi connectivity index (χ0) is 12.1. The van der Waals surface area contributed by atoms with Crippen LogP contribution in [0.25, 0.3) is 0 Å². The summed E-state index contributed by atoms with van der Waals surface area (Å²) < 4.78 is 6.17. The van der Waals surface area contributed by atoms with E-state index >= 15 is 0 Å². The lowest BCUT2D eigenvalue weighted by Gasteiger charge is -2.07. The summed E-state index contributed by atoms with van der Waals surface area (Å²) in [5, 5.41) is 3.12. The van der Waals surface area contributed by atoms with E-state index in [0.29, 0.717) is 18.4 Å². The van der Waals surface area contributed by atoms with E-state index in [0.717, 1.165) is 9.13 Å². The maximum absolute atomic E-state index is 5.16. The Morgan fingerprint density at radius 3 is 2.76 bits per heavy atom. The van der Waals surface area contributed by atoms with Gasteiger partial charge in [0.15, 0.2) is 0 Å². The molecule has 0 aromatic carbocycles. The molecule has 0 aliphatic carbocycles. The molecule has 6 heteroatoms. The molecule has 0 radical (unpaired) electrons. The van der Waals surface area contributed by atoms with E-state index in [2.05, 4.69) is 42.9 Å². The van der Waals surface area contributed by atoms with Gasteiger partial charge in [0.05, 0.1) is 7.11 Å². The van der Waals surface area contributed by atoms with Crippen LogP contribution >= 0.6 is 22.6 Å². The van der Waals surface area contributed by atoms with Gasteiger partial charge in [0, 0.05) is 34.3 Å². The van der Waals surface area contributed by atoms with Crippen LogP contribution in [0.5, 0.6) is 5.88 Å². The highest BCUT2D eigenvalue weighted by atomic mass is 127. The molecule has 0 saturated heterocycles. The predicted molar refractivity (Wildman–Crippen MR) is 72.9 cm³/mol. The molecule has 1 N–H and O–H groups in total. The molecule has 0 fully saturated rings. The molecule has 0 aliphatic heterocycles. The van der Waals surface area contributed by atoms with Gasteiger partial charge >= 0.3 is 0 Å². The zero-order valence-corrected chi connectivity index (χ0v) is 11.4. The van der Waals surface area contributed by atoms with Crippen LogP contribution in [0.1, 0.15) is 5.56 Å². The van der Waals surface area contributed by atoms with Gasteiger partial charge in [0.1, 0.15) is 0 Å². The summed E-state index contributed by atoms with van der Waals surface area (Å²) in [6, 6.07) is 3.82. The van der Waals surface area contributed by atoms with E-state index < -0.39 is 0 Å². The number of nitrogens with zero attached hydrogens (tertiary/aromatic N) is 3. The Bertz CT molecular complexity index is 489. The molecule has 0 amide bonds. The van der Waals surface area contributed by atoms with Gasteiger partial charge in [0.2, 0.25) is 11.8 Å². The maximum atomic E-state index is 5.16. The number of ether oxygens (including phenoxy) is 1. The van der Waals surface area contributed by atoms with Crippen LogP contribution in [0.15, 0.2) is 30.7 Å². The highest BCUT2D eigenvalue weighted by Gasteiger charge is 2.03. The molecule has 2 aromatic rings. The Kier molecular flexibility index (Phi) is 4.08. The average Bonchev–Trinajstić information content (AvgIpc) is 2.38. The fourth-order valence-electron chi connectivity index (χ4n) is 1.32. The number of aromatic nitrogens is 3. The van der Waals surface area contributed by atoms with Gasteiger partial charge in [-0.1, -0.05) is 6.07 Å². The molecule has 0 atom stereocenters. The summed E-state index contributed by atoms with van der Waals surface area (Å²) in [5.41, 5.74) is 0.970. The Morgan fingerprint density at radius 2 is 2.06 bits per heavy atom. The minimum absolute atomic E-state index is 0.581. The second-order valence-electron chi connectivity index (χ2n) is 3.25. The highest BCUT2D eigenvalue weighted by Crippen LogP contribution is 2.14. The van der Waals surface area contributed by atoms with Crippen LogP contribution in [-0.4, -0.2) is 22.1 Å². The largest absolute Gasteiger partial charge is 0.481 e. The van der Waals surface area contributed by atoms with Crippen molar-refractivity contribution in [3.8, 4) is 5.88 Å². The SMILES string of the molecule is COc1ncccc1CNc1ncc(I)cn1. The van der Waals surface area contributed by atoms with Crippen molar-refractivity contribution in [3.05, 3.63) is 39.9 Å². The minimum Gasteiger partial charge on any atom is -0.481 e. The lowest BCUT2D eigenvalue weighted by atomic mass is 10.3. The van der Waals surface area contributed by atoms with Gasteiger partial charge < -0.3 is 10.1 Å². The molecule has 0 unspecified atom stereocenters. The van der Waals surface area contributed by atoms with Crippen LogP contribution in [0.4, 0.5) is 5.95 Å². The quantitative estimate of drug-likeness (QED) is 0.863. The molecule has 2 aromatic heterocycles. The van der Waals surface area contributed by atoms with Gasteiger partial charge in [-0.15, -0.1) is 0 Å². The van der Waals surface area contributed by atoms with Crippen LogP contribution in [0, 0.1) is 3.57 Å². The fraction of sp³-hybridized carbons (Fsp3) is 0.182. The molecule has 88 valence electrons. The zero-order valence-electron chi connectivity index (χ0n) is 9.22. The van der Waals surface area contributed by atoms with Crippen molar-refractivity contribution >= 4 is 28.5 Å². The molecule has 0 aliphatic rings. The lowest BCUT2D eigenvalue weighted by Crippen LogP contribution is -2.05. The normalized spacial score (nSPS) is 10.0. The van der Waals surface area contributed by atoms with Gasteiger partial charge in [-0.3, -0.25) is 0 Å². The third-order valence-corrected chi connectivity index (χ3v) is 2.66. The van der Waals surface area contributed by atoms with E-state index in [1.54, 1.807) is 25.7 Å². The number of pyridine rings is 1. The number of rotatable bonds is 4. The topological polar surface area (TPSA) is 59.9 Å². The molecular weight excluding hydrogens is 331 g/mol. The first-order chi connectivity index (χ1) is 8.29. The summed E-state index contributed by atoms with van der Waals surface area (Å²) in [5.74, 6) is 1.21. The lowest BCUT2D eigenvalue weighted by molar-refractivity contribution is 0.393. The summed E-state index contributed by atoms with van der Waals surface area (Å²) in [4.78, 5) is 12.4. The second-order valence-corrected chi connectivity index (χ2v) is 4.50. The molecule has 17 heavy (non-hydrogen) atoms. The Hall–Kier alpha value is -1.44. The molecule has 2 rings (SSSR count). The highest BCUT2D eigenvalue weighted by molar-refractivity contribution is 14.1. The smallest absolute Gasteiger partial charge is 0.222 e. The van der Waals surface area contributed by atoms with E-state index in [1.807, 2.05) is 12.1 Å². The van der Waals surface area contributed by atoms with E-state index in [-0.39, 0.29) is 0 Å². The first-order valence-corrected chi connectivity index (χ1v) is 6.07. The molecule has 0 spiro atoms. The van der Waals surface area contributed by atoms with E-state index in [4.69, 9.17) is 4.74 Å². The first-order valence-electron chi connectivity index (χ1n) is 4.99. The summed E-state index contributed by atoms with van der Waals surface area (Å²) >= 11 is 2.16. The van der Waals surface area contributed by atoms with Crippen LogP contribution in [-0.2, 0) is 6.54 Å². The number of hydrogen-bond acceptors (Lipinski definition) is 5. The Morgan fingerprint density at radius 1 is 1.29 bits per heavy atom. The maximum Gasteiger partial charge on any atom is 0.222 e. The molecular formula is C11H11IN4O. The van der Waals surface area contributed by atoms with Crippen molar-refractivity contribution in [1.29, 1.82) is 0 Å². The minimum atomic E-state index is 0.581. The number of hydrogen-bond donors (Lipinski definition) is 1. The molecule has 0 bridgehead atoms. The van der Waals surface area contributed by atoms with Crippen molar-refractivity contribution < 1.29 is 4.74 Å². The van der Waals surface area contributed by atoms with Gasteiger partial charge in [-0.05, 0) is 28.7 Å². The summed E-state index contributed by atoms with van der Waals surface area (Å²) in [6.07, 6.45) is 5.22. The van der Waals surface area contributed by atoms with Crippen LogP contribution in [0.3, 0.4) is 0 Å². The first kappa shape index (κ1) is 12.0. The molecule has 0 saturated carbocycles. The van der Waals surface area contributed by atoms with Crippen molar-refractivity contribution in [2.24, 2.45) is 0 Å². The van der Waals surface area contributed by atoms with Gasteiger partial charge in [0.25, 0.3) is 0 Å². The second kappa shape index (κ2) is 5.76. The molecule has 2 heterocycles. The average molecular weight is 342 g/mol. The van der Waals surface area contributed by atoms with Crippen LogP contribution < -0.4 is 10.1 Å². The van der Waals surface area contributed by atoms with E-state index in [9.17, 15) is 0 Å². The Balaban J connectivity index is 2.04. The standard InChI is InChI=1S/C11H11IN4O/c1-17-10-8(3-2-4-13-10)5-14-11-15-6-9(12)7-16-11/h2-4,6-7H,5H2,1H3,(H,14,15,16). The summed E-state index contributed by atoms with van der Waals surface area (Å²) in [7, 11) is 1.60. The number of halogens is 1. The van der Waals surface area contributed by atoms with Gasteiger partial charge in [-0.25, -0.2) is 15.0 Å². The van der Waals surface area contributed by atoms with Crippen molar-refractivity contribution in [1.82, 2.24) is 15.0 Å². The van der Waals surface area contributed by atoms with Crippen molar-refractivity contribution in [2.75, 3.05) is 12.4 Å².